The number of aromatic amines is 1. The quantitative estimate of drug-likeness (QED) is 0.759. The minimum atomic E-state index is -0.374. The van der Waals surface area contributed by atoms with E-state index < -0.39 is 0 Å². The summed E-state index contributed by atoms with van der Waals surface area (Å²) in [6.45, 7) is 3.96. The average Bonchev–Trinajstić information content (AvgIpc) is 2.45. The van der Waals surface area contributed by atoms with Crippen molar-refractivity contribution in [2.45, 2.75) is 26.7 Å². The van der Waals surface area contributed by atoms with Crippen LogP contribution in [-0.2, 0) is 11.2 Å². The highest BCUT2D eigenvalue weighted by Crippen LogP contribution is 2.33. The second-order valence-electron chi connectivity index (χ2n) is 5.94. The molecule has 0 saturated carbocycles. The molecule has 0 spiro atoms. The van der Waals surface area contributed by atoms with Crippen molar-refractivity contribution in [1.82, 2.24) is 4.98 Å². The molecule has 3 rings (SSSR count). The van der Waals surface area contributed by atoms with Crippen molar-refractivity contribution in [3.05, 3.63) is 39.1 Å². The van der Waals surface area contributed by atoms with Crippen LogP contribution in [-0.4, -0.2) is 11.0 Å². The summed E-state index contributed by atoms with van der Waals surface area (Å²) in [6.07, 6.45) is 0.869. The fraction of sp³-hybridized carbons (Fsp3) is 0.333. The molecule has 1 aliphatic heterocycles. The summed E-state index contributed by atoms with van der Waals surface area (Å²) in [4.78, 5) is 27.5. The van der Waals surface area contributed by atoms with Crippen molar-refractivity contribution in [2.24, 2.45) is 5.41 Å². The molecule has 0 aliphatic carbocycles. The molecule has 1 N–H and O–H groups in total. The van der Waals surface area contributed by atoms with E-state index in [0.29, 0.717) is 28.0 Å². The maximum atomic E-state index is 12.5. The minimum absolute atomic E-state index is 0.107. The Morgan fingerprint density at radius 3 is 2.75 bits per heavy atom. The van der Waals surface area contributed by atoms with Gasteiger partial charge in [-0.1, -0.05) is 25.4 Å². The topological polar surface area (TPSA) is 59.2 Å². The van der Waals surface area contributed by atoms with Crippen molar-refractivity contribution in [1.29, 1.82) is 0 Å². The van der Waals surface area contributed by atoms with E-state index in [0.717, 1.165) is 0 Å². The standard InChI is InChI=1S/C15H14ClNO3/c1-15(2)6-11-14(20-12(18)7-15)13(19)9-5-8(16)3-4-10(9)17-11/h3-5H,6-7H2,1-2H3,(H,17,19). The highest BCUT2D eigenvalue weighted by atomic mass is 35.5. The van der Waals surface area contributed by atoms with E-state index in [2.05, 4.69) is 4.98 Å². The lowest BCUT2D eigenvalue weighted by Crippen LogP contribution is -2.19. The number of hydrogen-bond donors (Lipinski definition) is 1. The second-order valence-corrected chi connectivity index (χ2v) is 6.38. The van der Waals surface area contributed by atoms with Crippen LogP contribution in [0.15, 0.2) is 23.0 Å². The van der Waals surface area contributed by atoms with E-state index in [1.54, 1.807) is 18.2 Å². The van der Waals surface area contributed by atoms with Gasteiger partial charge in [0.1, 0.15) is 0 Å². The molecular formula is C15H14ClNO3. The fourth-order valence-corrected chi connectivity index (χ4v) is 2.78. The van der Waals surface area contributed by atoms with Crippen molar-refractivity contribution in [2.75, 3.05) is 0 Å². The molecule has 104 valence electrons. The van der Waals surface area contributed by atoms with Crippen LogP contribution in [0, 0.1) is 5.41 Å². The molecular weight excluding hydrogens is 278 g/mol. The number of aromatic nitrogens is 1. The smallest absolute Gasteiger partial charge is 0.311 e. The third-order valence-corrected chi connectivity index (χ3v) is 3.72. The van der Waals surface area contributed by atoms with E-state index in [9.17, 15) is 9.59 Å². The molecule has 5 heteroatoms. The van der Waals surface area contributed by atoms with Crippen LogP contribution in [0.25, 0.3) is 10.9 Å². The average molecular weight is 292 g/mol. The number of benzene rings is 1. The number of pyridine rings is 1. The van der Waals surface area contributed by atoms with E-state index >= 15 is 0 Å². The zero-order valence-electron chi connectivity index (χ0n) is 11.2. The molecule has 2 aromatic rings. The molecule has 0 atom stereocenters. The van der Waals surface area contributed by atoms with Gasteiger partial charge in [0.05, 0.1) is 17.5 Å². The zero-order chi connectivity index (χ0) is 14.5. The number of hydrogen-bond acceptors (Lipinski definition) is 3. The third-order valence-electron chi connectivity index (χ3n) is 3.49. The van der Waals surface area contributed by atoms with Gasteiger partial charge < -0.3 is 9.72 Å². The summed E-state index contributed by atoms with van der Waals surface area (Å²) in [7, 11) is 0. The van der Waals surface area contributed by atoms with Crippen LogP contribution < -0.4 is 10.2 Å². The first kappa shape index (κ1) is 13.2. The van der Waals surface area contributed by atoms with Gasteiger partial charge in [-0.25, -0.2) is 0 Å². The second kappa shape index (κ2) is 4.35. The number of H-pyrrole nitrogens is 1. The maximum absolute atomic E-state index is 12.5. The molecule has 0 radical (unpaired) electrons. The monoisotopic (exact) mass is 291 g/mol. The Kier molecular flexibility index (Phi) is 2.87. The normalized spacial score (nSPS) is 17.4. The van der Waals surface area contributed by atoms with E-state index in [4.69, 9.17) is 16.3 Å². The Morgan fingerprint density at radius 2 is 2.00 bits per heavy atom. The van der Waals surface area contributed by atoms with Gasteiger partial charge >= 0.3 is 5.97 Å². The van der Waals surface area contributed by atoms with Gasteiger partial charge in [0.25, 0.3) is 0 Å². The number of rotatable bonds is 0. The van der Waals surface area contributed by atoms with Crippen molar-refractivity contribution in [3.63, 3.8) is 0 Å². The molecule has 0 amide bonds. The Labute approximate surface area is 120 Å². The van der Waals surface area contributed by atoms with Crippen LogP contribution in [0.5, 0.6) is 5.75 Å². The van der Waals surface area contributed by atoms with E-state index in [-0.39, 0.29) is 29.0 Å². The summed E-state index contributed by atoms with van der Waals surface area (Å²) in [5.74, 6) is -0.268. The van der Waals surface area contributed by atoms with Crippen molar-refractivity contribution < 1.29 is 9.53 Å². The van der Waals surface area contributed by atoms with Gasteiger partial charge in [-0.3, -0.25) is 9.59 Å². The first-order chi connectivity index (χ1) is 9.35. The van der Waals surface area contributed by atoms with Gasteiger partial charge in [-0.2, -0.15) is 0 Å². The number of nitrogens with one attached hydrogen (secondary N) is 1. The summed E-state index contributed by atoms with van der Waals surface area (Å²) >= 11 is 5.92. The molecule has 20 heavy (non-hydrogen) atoms. The number of ether oxygens (including phenoxy) is 1. The number of fused-ring (bicyclic) bond motifs is 2. The number of carbonyl (C=O) groups excluding carboxylic acids is 1. The SMILES string of the molecule is CC1(C)CC(=O)Oc2c([nH]c3ccc(Cl)cc3c2=O)C1. The molecule has 0 unspecified atom stereocenters. The zero-order valence-corrected chi connectivity index (χ0v) is 12.0. The lowest BCUT2D eigenvalue weighted by Gasteiger charge is -2.19. The number of halogens is 1. The molecule has 2 heterocycles. The minimum Gasteiger partial charge on any atom is -0.420 e. The maximum Gasteiger partial charge on any atom is 0.311 e. The first-order valence-corrected chi connectivity index (χ1v) is 6.79. The van der Waals surface area contributed by atoms with Crippen LogP contribution in [0.1, 0.15) is 26.0 Å². The predicted octanol–water partition coefficient (Wildman–Crippen LogP) is 3.06. The lowest BCUT2D eigenvalue weighted by atomic mass is 9.84. The van der Waals surface area contributed by atoms with Gasteiger partial charge in [0.2, 0.25) is 5.43 Å². The summed E-state index contributed by atoms with van der Waals surface area (Å²) < 4.78 is 5.25. The summed E-state index contributed by atoms with van der Waals surface area (Å²) in [6, 6.07) is 5.07. The van der Waals surface area contributed by atoms with Gasteiger partial charge in [-0.15, -0.1) is 0 Å². The van der Waals surface area contributed by atoms with Crippen molar-refractivity contribution >= 4 is 28.5 Å². The lowest BCUT2D eigenvalue weighted by molar-refractivity contribution is -0.136. The molecule has 1 aliphatic rings. The Hall–Kier alpha value is -1.81. The Bertz CT molecular complexity index is 777. The number of esters is 1. The number of carbonyl (C=O) groups is 1. The molecule has 1 aromatic carbocycles. The first-order valence-electron chi connectivity index (χ1n) is 6.41. The Morgan fingerprint density at radius 1 is 1.25 bits per heavy atom. The predicted molar refractivity (Wildman–Crippen MR) is 77.3 cm³/mol. The fourth-order valence-electron chi connectivity index (χ4n) is 2.61. The third kappa shape index (κ3) is 2.20. The van der Waals surface area contributed by atoms with Crippen LogP contribution in [0.4, 0.5) is 0 Å². The van der Waals surface area contributed by atoms with Gasteiger partial charge in [0, 0.05) is 10.5 Å². The molecule has 1 aromatic heterocycles. The van der Waals surface area contributed by atoms with Gasteiger partial charge in [-0.05, 0) is 30.0 Å². The summed E-state index contributed by atoms with van der Waals surface area (Å²) in [5.41, 5.74) is 0.834. The molecule has 0 saturated heterocycles. The highest BCUT2D eigenvalue weighted by Gasteiger charge is 2.31. The van der Waals surface area contributed by atoms with Crippen LogP contribution >= 0.6 is 11.6 Å². The van der Waals surface area contributed by atoms with Crippen LogP contribution in [0.2, 0.25) is 5.02 Å². The molecule has 0 fully saturated rings. The van der Waals surface area contributed by atoms with Crippen molar-refractivity contribution in [3.8, 4) is 5.75 Å². The Balaban J connectivity index is 2.31. The van der Waals surface area contributed by atoms with E-state index in [1.165, 1.54) is 0 Å². The van der Waals surface area contributed by atoms with Crippen LogP contribution in [0.3, 0.4) is 0 Å². The largest absolute Gasteiger partial charge is 0.420 e. The highest BCUT2D eigenvalue weighted by molar-refractivity contribution is 6.31. The van der Waals surface area contributed by atoms with E-state index in [1.807, 2.05) is 13.8 Å². The van der Waals surface area contributed by atoms with Gasteiger partial charge in [0.15, 0.2) is 5.75 Å². The molecule has 4 nitrogen and oxygen atoms in total. The molecule has 0 bridgehead atoms. The summed E-state index contributed by atoms with van der Waals surface area (Å²) in [5, 5.41) is 0.909.